The molecule has 2 aromatic rings. The number of benzene rings is 1. The van der Waals surface area contributed by atoms with Crippen molar-refractivity contribution < 1.29 is 9.47 Å². The van der Waals surface area contributed by atoms with Gasteiger partial charge in [-0.1, -0.05) is 18.2 Å². The third-order valence-corrected chi connectivity index (χ3v) is 3.47. The molecule has 1 N–H and O–H groups in total. The van der Waals surface area contributed by atoms with E-state index in [4.69, 9.17) is 9.47 Å². The molecule has 1 unspecified atom stereocenters. The molecular formula is C16H18N2O2. The lowest BCUT2D eigenvalue weighted by Gasteiger charge is -2.27. The molecule has 20 heavy (non-hydrogen) atoms. The van der Waals surface area contributed by atoms with Crippen molar-refractivity contribution in [3.8, 4) is 11.5 Å². The molecule has 3 rings (SSSR count). The van der Waals surface area contributed by atoms with E-state index in [-0.39, 0.29) is 0 Å². The summed E-state index contributed by atoms with van der Waals surface area (Å²) < 4.78 is 11.2. The summed E-state index contributed by atoms with van der Waals surface area (Å²) in [6.45, 7) is 1.41. The highest BCUT2D eigenvalue weighted by atomic mass is 16.5. The van der Waals surface area contributed by atoms with Crippen LogP contribution < -0.4 is 14.8 Å². The second-order valence-corrected chi connectivity index (χ2v) is 4.86. The standard InChI is InChI=1S/C16H18N2O2/c1-19-15-7-4-5-12-9-14(11-20-16(12)15)18-10-13-6-2-3-8-17-13/h2-8,14,18H,9-11H2,1H3. The summed E-state index contributed by atoms with van der Waals surface area (Å²) in [5.41, 5.74) is 2.23. The van der Waals surface area contributed by atoms with Gasteiger partial charge >= 0.3 is 0 Å². The Morgan fingerprint density at radius 2 is 2.25 bits per heavy atom. The minimum absolute atomic E-state index is 0.302. The predicted molar refractivity (Wildman–Crippen MR) is 77.1 cm³/mol. The maximum atomic E-state index is 5.84. The molecule has 0 saturated heterocycles. The molecule has 0 amide bonds. The fraction of sp³-hybridized carbons (Fsp3) is 0.312. The number of para-hydroxylation sites is 1. The van der Waals surface area contributed by atoms with Gasteiger partial charge in [0.25, 0.3) is 0 Å². The third-order valence-electron chi connectivity index (χ3n) is 3.47. The second kappa shape index (κ2) is 5.92. The molecule has 0 bridgehead atoms. The molecule has 0 fully saturated rings. The Bertz CT molecular complexity index is 572. The van der Waals surface area contributed by atoms with Crippen LogP contribution in [-0.2, 0) is 13.0 Å². The fourth-order valence-corrected chi connectivity index (χ4v) is 2.44. The molecule has 2 heterocycles. The van der Waals surface area contributed by atoms with E-state index in [1.165, 1.54) is 5.56 Å². The maximum Gasteiger partial charge on any atom is 0.164 e. The smallest absolute Gasteiger partial charge is 0.164 e. The van der Waals surface area contributed by atoms with Crippen molar-refractivity contribution >= 4 is 0 Å². The third kappa shape index (κ3) is 2.75. The van der Waals surface area contributed by atoms with Gasteiger partial charge in [-0.05, 0) is 30.2 Å². The summed E-state index contributed by atoms with van der Waals surface area (Å²) in [5.74, 6) is 1.69. The average molecular weight is 270 g/mol. The van der Waals surface area contributed by atoms with Crippen LogP contribution in [0.25, 0.3) is 0 Å². The largest absolute Gasteiger partial charge is 0.493 e. The minimum atomic E-state index is 0.302. The van der Waals surface area contributed by atoms with Crippen molar-refractivity contribution in [3.63, 3.8) is 0 Å². The number of fused-ring (bicyclic) bond motifs is 1. The lowest BCUT2D eigenvalue weighted by atomic mass is 10.0. The van der Waals surface area contributed by atoms with E-state index < -0.39 is 0 Å². The van der Waals surface area contributed by atoms with Gasteiger partial charge in [-0.2, -0.15) is 0 Å². The van der Waals surface area contributed by atoms with Crippen LogP contribution in [0.15, 0.2) is 42.6 Å². The number of rotatable bonds is 4. The summed E-state index contributed by atoms with van der Waals surface area (Å²) >= 11 is 0. The van der Waals surface area contributed by atoms with Crippen LogP contribution in [0.1, 0.15) is 11.3 Å². The number of nitrogens with one attached hydrogen (secondary N) is 1. The Hall–Kier alpha value is -2.07. The molecule has 1 aliphatic heterocycles. The summed E-state index contributed by atoms with van der Waals surface area (Å²) in [7, 11) is 1.67. The molecular weight excluding hydrogens is 252 g/mol. The zero-order valence-corrected chi connectivity index (χ0v) is 11.5. The van der Waals surface area contributed by atoms with Crippen molar-refractivity contribution in [2.45, 2.75) is 19.0 Å². The zero-order chi connectivity index (χ0) is 13.8. The summed E-state index contributed by atoms with van der Waals surface area (Å²) in [6.07, 6.45) is 2.76. The molecule has 0 spiro atoms. The number of hydrogen-bond donors (Lipinski definition) is 1. The molecule has 4 nitrogen and oxygen atoms in total. The Morgan fingerprint density at radius 3 is 3.05 bits per heavy atom. The molecule has 1 aromatic heterocycles. The van der Waals surface area contributed by atoms with Gasteiger partial charge in [0.2, 0.25) is 0 Å². The first-order chi connectivity index (χ1) is 9.86. The molecule has 0 aliphatic carbocycles. The first-order valence-electron chi connectivity index (χ1n) is 6.79. The van der Waals surface area contributed by atoms with Gasteiger partial charge in [-0.3, -0.25) is 4.98 Å². The van der Waals surface area contributed by atoms with Gasteiger partial charge in [0.1, 0.15) is 6.61 Å². The van der Waals surface area contributed by atoms with E-state index in [0.29, 0.717) is 12.6 Å². The molecule has 0 saturated carbocycles. The normalized spacial score (nSPS) is 17.1. The molecule has 1 aromatic carbocycles. The SMILES string of the molecule is COc1cccc2c1OCC(NCc1ccccn1)C2. The van der Waals surface area contributed by atoms with Gasteiger partial charge in [-0.25, -0.2) is 0 Å². The van der Waals surface area contributed by atoms with Gasteiger partial charge in [-0.15, -0.1) is 0 Å². The summed E-state index contributed by atoms with van der Waals surface area (Å²) in [5, 5.41) is 3.49. The van der Waals surface area contributed by atoms with E-state index in [1.807, 2.05) is 36.5 Å². The second-order valence-electron chi connectivity index (χ2n) is 4.86. The Labute approximate surface area is 118 Å². The van der Waals surface area contributed by atoms with E-state index >= 15 is 0 Å². The Morgan fingerprint density at radius 1 is 1.30 bits per heavy atom. The zero-order valence-electron chi connectivity index (χ0n) is 11.5. The highest BCUT2D eigenvalue weighted by Gasteiger charge is 2.22. The Kier molecular flexibility index (Phi) is 3.83. The number of hydrogen-bond acceptors (Lipinski definition) is 4. The van der Waals surface area contributed by atoms with Crippen LogP contribution in [0.2, 0.25) is 0 Å². The number of pyridine rings is 1. The van der Waals surface area contributed by atoms with E-state index in [9.17, 15) is 0 Å². The highest BCUT2D eigenvalue weighted by Crippen LogP contribution is 2.34. The van der Waals surface area contributed by atoms with Crippen molar-refractivity contribution in [1.29, 1.82) is 0 Å². The maximum absolute atomic E-state index is 5.84. The summed E-state index contributed by atoms with van der Waals surface area (Å²) in [6, 6.07) is 12.3. The quantitative estimate of drug-likeness (QED) is 0.925. The first kappa shape index (κ1) is 12.9. The van der Waals surface area contributed by atoms with Crippen LogP contribution in [0.5, 0.6) is 11.5 Å². The van der Waals surface area contributed by atoms with Crippen LogP contribution in [0.3, 0.4) is 0 Å². The highest BCUT2D eigenvalue weighted by molar-refractivity contribution is 5.48. The fourth-order valence-electron chi connectivity index (χ4n) is 2.44. The molecule has 0 radical (unpaired) electrons. The molecule has 1 aliphatic rings. The van der Waals surface area contributed by atoms with Gasteiger partial charge < -0.3 is 14.8 Å². The lowest BCUT2D eigenvalue weighted by molar-refractivity contribution is 0.226. The van der Waals surface area contributed by atoms with Crippen molar-refractivity contribution in [2.24, 2.45) is 0 Å². The van der Waals surface area contributed by atoms with Gasteiger partial charge in [0.05, 0.1) is 12.8 Å². The number of methoxy groups -OCH3 is 1. The van der Waals surface area contributed by atoms with Gasteiger partial charge in [0, 0.05) is 18.8 Å². The van der Waals surface area contributed by atoms with Crippen molar-refractivity contribution in [1.82, 2.24) is 10.3 Å². The van der Waals surface area contributed by atoms with Crippen LogP contribution in [0, 0.1) is 0 Å². The van der Waals surface area contributed by atoms with E-state index in [0.717, 1.165) is 30.2 Å². The number of ether oxygens (including phenoxy) is 2. The van der Waals surface area contributed by atoms with E-state index in [2.05, 4.69) is 16.4 Å². The number of nitrogens with zero attached hydrogens (tertiary/aromatic N) is 1. The Balaban J connectivity index is 1.64. The molecule has 104 valence electrons. The van der Waals surface area contributed by atoms with Crippen molar-refractivity contribution in [2.75, 3.05) is 13.7 Å². The molecule has 4 heteroatoms. The predicted octanol–water partition coefficient (Wildman–Crippen LogP) is 2.18. The monoisotopic (exact) mass is 270 g/mol. The van der Waals surface area contributed by atoms with Crippen LogP contribution in [0.4, 0.5) is 0 Å². The topological polar surface area (TPSA) is 43.4 Å². The van der Waals surface area contributed by atoms with E-state index in [1.54, 1.807) is 7.11 Å². The summed E-state index contributed by atoms with van der Waals surface area (Å²) in [4.78, 5) is 4.31. The van der Waals surface area contributed by atoms with Crippen LogP contribution in [-0.4, -0.2) is 24.7 Å². The first-order valence-corrected chi connectivity index (χ1v) is 6.79. The number of aromatic nitrogens is 1. The average Bonchev–Trinajstić information content (AvgIpc) is 2.53. The van der Waals surface area contributed by atoms with Crippen molar-refractivity contribution in [3.05, 3.63) is 53.9 Å². The van der Waals surface area contributed by atoms with Gasteiger partial charge in [0.15, 0.2) is 11.5 Å². The lowest BCUT2D eigenvalue weighted by Crippen LogP contribution is -2.39. The minimum Gasteiger partial charge on any atom is -0.493 e. The molecule has 1 atom stereocenters. The van der Waals surface area contributed by atoms with Crippen LogP contribution >= 0.6 is 0 Å².